The molecule has 2 rings (SSSR count). The van der Waals surface area contributed by atoms with Gasteiger partial charge < -0.3 is 10.2 Å². The lowest BCUT2D eigenvalue weighted by Crippen LogP contribution is -2.39. The topological polar surface area (TPSA) is 15.3 Å². The maximum absolute atomic E-state index is 13.3. The second kappa shape index (κ2) is 6.52. The van der Waals surface area contributed by atoms with Crippen LogP contribution in [0.4, 0.5) is 10.1 Å². The van der Waals surface area contributed by atoms with E-state index in [1.165, 1.54) is 10.9 Å². The predicted molar refractivity (Wildman–Crippen MR) is 88.3 cm³/mol. The Kier molecular flexibility index (Phi) is 4.96. The van der Waals surface area contributed by atoms with Gasteiger partial charge in [-0.2, -0.15) is 0 Å². The summed E-state index contributed by atoms with van der Waals surface area (Å²) in [7, 11) is 1.77. The van der Waals surface area contributed by atoms with Gasteiger partial charge in [-0.15, -0.1) is 11.3 Å². The van der Waals surface area contributed by atoms with Crippen LogP contribution < -0.4 is 10.2 Å². The summed E-state index contributed by atoms with van der Waals surface area (Å²) >= 11 is 12.9. The van der Waals surface area contributed by atoms with Crippen LogP contribution in [0.3, 0.4) is 0 Å². The summed E-state index contributed by atoms with van der Waals surface area (Å²) < 4.78 is 13.3. The molecule has 1 atom stereocenters. The van der Waals surface area contributed by atoms with Gasteiger partial charge in [0.05, 0.1) is 11.1 Å². The second-order valence-electron chi connectivity index (χ2n) is 4.21. The lowest BCUT2D eigenvalue weighted by Gasteiger charge is -2.31. The Morgan fingerprint density at radius 1 is 1.45 bits per heavy atom. The van der Waals surface area contributed by atoms with Gasteiger partial charge in [0.2, 0.25) is 0 Å². The van der Waals surface area contributed by atoms with Crippen LogP contribution in [-0.4, -0.2) is 12.2 Å². The molecule has 1 heterocycles. The standard InChI is InChI=1S/C14H14ClFN2S2/c1-9(13-4-3-7-20-13)18(14(19)17-2)10-5-6-12(16)11(15)8-10/h3-9H,1-2H3,(H,17,19). The van der Waals surface area contributed by atoms with Gasteiger partial charge in [0.25, 0.3) is 0 Å². The van der Waals surface area contributed by atoms with Crippen molar-refractivity contribution in [1.29, 1.82) is 0 Å². The SMILES string of the molecule is CNC(=S)N(c1ccc(F)c(Cl)c1)C(C)c1cccs1. The molecule has 0 radical (unpaired) electrons. The third-order valence-electron chi connectivity index (χ3n) is 2.96. The van der Waals surface area contributed by atoms with Crippen LogP contribution in [0, 0.1) is 5.82 Å². The first-order valence-corrected chi connectivity index (χ1v) is 7.70. The maximum Gasteiger partial charge on any atom is 0.173 e. The van der Waals surface area contributed by atoms with E-state index in [0.29, 0.717) is 5.11 Å². The number of nitrogens with zero attached hydrogens (tertiary/aromatic N) is 1. The molecule has 0 bridgehead atoms. The molecule has 2 aromatic rings. The van der Waals surface area contributed by atoms with Gasteiger partial charge in [0.15, 0.2) is 5.11 Å². The van der Waals surface area contributed by atoms with Gasteiger partial charge in [-0.3, -0.25) is 0 Å². The van der Waals surface area contributed by atoms with Crippen LogP contribution in [-0.2, 0) is 0 Å². The highest BCUT2D eigenvalue weighted by Crippen LogP contribution is 2.31. The summed E-state index contributed by atoms with van der Waals surface area (Å²) in [4.78, 5) is 3.09. The van der Waals surface area contributed by atoms with Crippen LogP contribution in [0.1, 0.15) is 17.8 Å². The predicted octanol–water partition coefficient (Wildman–Crippen LogP) is 4.61. The average molecular weight is 329 g/mol. The molecule has 0 aliphatic rings. The Bertz CT molecular complexity index is 601. The maximum atomic E-state index is 13.3. The monoisotopic (exact) mass is 328 g/mol. The minimum atomic E-state index is -0.436. The summed E-state index contributed by atoms with van der Waals surface area (Å²) in [5.41, 5.74) is 0.761. The van der Waals surface area contributed by atoms with Gasteiger partial charge in [-0.1, -0.05) is 17.7 Å². The Balaban J connectivity index is 2.42. The van der Waals surface area contributed by atoms with E-state index >= 15 is 0 Å². The summed E-state index contributed by atoms with van der Waals surface area (Å²) in [6, 6.07) is 8.70. The van der Waals surface area contributed by atoms with Crippen LogP contribution in [0.5, 0.6) is 0 Å². The van der Waals surface area contributed by atoms with E-state index in [2.05, 4.69) is 5.32 Å². The van der Waals surface area contributed by atoms with Crippen LogP contribution in [0.15, 0.2) is 35.7 Å². The normalized spacial score (nSPS) is 12.0. The molecule has 1 N–H and O–H groups in total. The number of nitrogens with one attached hydrogen (secondary N) is 1. The van der Waals surface area contributed by atoms with Gasteiger partial charge in [-0.25, -0.2) is 4.39 Å². The number of hydrogen-bond donors (Lipinski definition) is 1. The highest BCUT2D eigenvalue weighted by atomic mass is 35.5. The molecule has 1 aromatic carbocycles. The minimum absolute atomic E-state index is 0.0384. The third-order valence-corrected chi connectivity index (χ3v) is 4.69. The smallest absolute Gasteiger partial charge is 0.173 e. The second-order valence-corrected chi connectivity index (χ2v) is 5.99. The first kappa shape index (κ1) is 15.2. The zero-order chi connectivity index (χ0) is 14.7. The molecule has 0 fully saturated rings. The van der Waals surface area contributed by atoms with Gasteiger partial charge in [0, 0.05) is 17.6 Å². The number of halogens is 2. The van der Waals surface area contributed by atoms with Crippen molar-refractivity contribution in [2.45, 2.75) is 13.0 Å². The van der Waals surface area contributed by atoms with Crippen molar-refractivity contribution in [3.05, 3.63) is 51.4 Å². The van der Waals surface area contributed by atoms with Gasteiger partial charge in [0.1, 0.15) is 5.82 Å². The highest BCUT2D eigenvalue weighted by molar-refractivity contribution is 7.80. The molecule has 2 nitrogen and oxygen atoms in total. The molecule has 1 aromatic heterocycles. The summed E-state index contributed by atoms with van der Waals surface area (Å²) in [6.07, 6.45) is 0. The van der Waals surface area contributed by atoms with E-state index < -0.39 is 5.82 Å². The average Bonchev–Trinajstić information content (AvgIpc) is 2.96. The zero-order valence-corrected chi connectivity index (χ0v) is 13.5. The molecule has 6 heteroatoms. The lowest BCUT2D eigenvalue weighted by atomic mass is 10.2. The summed E-state index contributed by atoms with van der Waals surface area (Å²) in [5, 5.41) is 5.63. The van der Waals surface area contributed by atoms with Crippen molar-refractivity contribution in [1.82, 2.24) is 5.32 Å². The first-order chi connectivity index (χ1) is 9.54. The molecule has 0 aliphatic carbocycles. The molecule has 0 saturated heterocycles. The largest absolute Gasteiger partial charge is 0.365 e. The molecule has 0 spiro atoms. The quantitative estimate of drug-likeness (QED) is 0.828. The van der Waals surface area contributed by atoms with Gasteiger partial charge in [-0.05, 0) is 48.8 Å². The molecule has 20 heavy (non-hydrogen) atoms. The summed E-state index contributed by atoms with van der Waals surface area (Å²) in [5.74, 6) is -0.436. The fraction of sp³-hybridized carbons (Fsp3) is 0.214. The van der Waals surface area contributed by atoms with E-state index in [1.807, 2.05) is 29.3 Å². The fourth-order valence-corrected chi connectivity index (χ4v) is 3.14. The Morgan fingerprint density at radius 2 is 2.20 bits per heavy atom. The molecule has 106 valence electrons. The lowest BCUT2D eigenvalue weighted by molar-refractivity contribution is 0.628. The minimum Gasteiger partial charge on any atom is -0.365 e. The van der Waals surface area contributed by atoms with Gasteiger partial charge >= 0.3 is 0 Å². The number of hydrogen-bond acceptors (Lipinski definition) is 2. The highest BCUT2D eigenvalue weighted by Gasteiger charge is 2.21. The van der Waals surface area contributed by atoms with Crippen LogP contribution >= 0.6 is 35.2 Å². The van der Waals surface area contributed by atoms with Crippen molar-refractivity contribution in [2.75, 3.05) is 11.9 Å². The number of thiophene rings is 1. The third kappa shape index (κ3) is 3.11. The van der Waals surface area contributed by atoms with E-state index in [0.717, 1.165) is 5.69 Å². The zero-order valence-electron chi connectivity index (χ0n) is 11.1. The molecule has 0 saturated carbocycles. The van der Waals surface area contributed by atoms with E-state index in [4.69, 9.17) is 23.8 Å². The van der Waals surface area contributed by atoms with Crippen molar-refractivity contribution in [3.63, 3.8) is 0 Å². The van der Waals surface area contributed by atoms with Crippen LogP contribution in [0.25, 0.3) is 0 Å². The Labute approximate surface area is 132 Å². The fourth-order valence-electron chi connectivity index (χ4n) is 1.93. The Hall–Kier alpha value is -1.17. The summed E-state index contributed by atoms with van der Waals surface area (Å²) in [6.45, 7) is 2.05. The van der Waals surface area contributed by atoms with E-state index in [9.17, 15) is 4.39 Å². The van der Waals surface area contributed by atoms with Crippen molar-refractivity contribution >= 4 is 46.0 Å². The van der Waals surface area contributed by atoms with E-state index in [-0.39, 0.29) is 11.1 Å². The van der Waals surface area contributed by atoms with Crippen molar-refractivity contribution in [2.24, 2.45) is 0 Å². The molecular weight excluding hydrogens is 315 g/mol. The molecule has 0 amide bonds. The van der Waals surface area contributed by atoms with Crippen LogP contribution in [0.2, 0.25) is 5.02 Å². The molecule has 0 aliphatic heterocycles. The number of rotatable bonds is 3. The molecule has 1 unspecified atom stereocenters. The van der Waals surface area contributed by atoms with Crippen molar-refractivity contribution in [3.8, 4) is 0 Å². The van der Waals surface area contributed by atoms with Crippen molar-refractivity contribution < 1.29 is 4.39 Å². The van der Waals surface area contributed by atoms with E-state index in [1.54, 1.807) is 30.5 Å². The number of thiocarbonyl (C=S) groups is 1. The Morgan fingerprint density at radius 3 is 2.75 bits per heavy atom. The number of benzene rings is 1. The number of anilines is 1. The molecular formula is C14H14ClFN2S2. The first-order valence-electron chi connectivity index (χ1n) is 6.04.